The maximum Gasteiger partial charge on any atom is 0.435 e. The van der Waals surface area contributed by atoms with E-state index in [4.69, 9.17) is 5.11 Å². The number of carbonyl (C=O) groups is 1. The Morgan fingerprint density at radius 2 is 2.06 bits per heavy atom. The number of rotatable bonds is 1. The van der Waals surface area contributed by atoms with Crippen molar-refractivity contribution >= 4 is 16.9 Å². The van der Waals surface area contributed by atoms with Gasteiger partial charge >= 0.3 is 12.1 Å². The van der Waals surface area contributed by atoms with Crippen LogP contribution in [0.2, 0.25) is 0 Å². The fourth-order valence-electron chi connectivity index (χ4n) is 1.69. The lowest BCUT2D eigenvalue weighted by atomic mass is 10.1. The lowest BCUT2D eigenvalue weighted by Gasteiger charge is -2.03. The first kappa shape index (κ1) is 11.4. The summed E-state index contributed by atoms with van der Waals surface area (Å²) in [6, 6.07) is 3.90. The predicted molar refractivity (Wildman–Crippen MR) is 52.7 cm³/mol. The molecule has 0 fully saturated rings. The van der Waals surface area contributed by atoms with Crippen molar-refractivity contribution in [1.29, 1.82) is 0 Å². The highest BCUT2D eigenvalue weighted by atomic mass is 19.4. The highest BCUT2D eigenvalue weighted by Crippen LogP contribution is 2.35. The molecule has 0 radical (unpaired) electrons. The van der Waals surface area contributed by atoms with Crippen LogP contribution in [0.25, 0.3) is 10.9 Å². The standard InChI is InChI=1S/C10H7F3N2O2/c1-15-6-4-2-3-5(9(16)17)7(6)8(14-15)10(11,12)13/h2-4H,1H3,(H,16,17). The van der Waals surface area contributed by atoms with Gasteiger partial charge in [-0.05, 0) is 12.1 Å². The third-order valence-electron chi connectivity index (χ3n) is 2.38. The van der Waals surface area contributed by atoms with Gasteiger partial charge in [0.15, 0.2) is 5.69 Å². The van der Waals surface area contributed by atoms with Crippen LogP contribution in [-0.2, 0) is 13.2 Å². The number of aromatic carboxylic acids is 1. The van der Waals surface area contributed by atoms with Crippen LogP contribution in [0.4, 0.5) is 13.2 Å². The number of halogens is 3. The molecule has 0 amide bonds. The van der Waals surface area contributed by atoms with Gasteiger partial charge in [0.1, 0.15) is 0 Å². The number of carboxylic acid groups (broad SMARTS) is 1. The van der Waals surface area contributed by atoms with E-state index in [0.717, 1.165) is 10.7 Å². The number of benzene rings is 1. The van der Waals surface area contributed by atoms with E-state index in [2.05, 4.69) is 5.10 Å². The van der Waals surface area contributed by atoms with Crippen LogP contribution in [0.1, 0.15) is 16.1 Å². The van der Waals surface area contributed by atoms with Gasteiger partial charge in [0.05, 0.1) is 11.1 Å². The van der Waals surface area contributed by atoms with Gasteiger partial charge in [0.2, 0.25) is 0 Å². The summed E-state index contributed by atoms with van der Waals surface area (Å²) in [5.74, 6) is -1.41. The third kappa shape index (κ3) is 1.73. The van der Waals surface area contributed by atoms with Gasteiger partial charge in [-0.25, -0.2) is 4.79 Å². The SMILES string of the molecule is Cn1nc(C(F)(F)F)c2c(C(=O)O)cccc21. The maximum atomic E-state index is 12.7. The molecule has 0 saturated heterocycles. The maximum absolute atomic E-state index is 12.7. The molecule has 0 aliphatic rings. The molecule has 0 atom stereocenters. The minimum Gasteiger partial charge on any atom is -0.478 e. The molecule has 1 aromatic carbocycles. The predicted octanol–water partition coefficient (Wildman–Crippen LogP) is 2.29. The number of hydrogen-bond donors (Lipinski definition) is 1. The first-order valence-corrected chi connectivity index (χ1v) is 4.58. The summed E-state index contributed by atoms with van der Waals surface area (Å²) in [7, 11) is 1.34. The summed E-state index contributed by atoms with van der Waals surface area (Å²) in [6.45, 7) is 0. The summed E-state index contributed by atoms with van der Waals surface area (Å²) >= 11 is 0. The van der Waals surface area contributed by atoms with E-state index in [1.54, 1.807) is 0 Å². The molecule has 2 rings (SSSR count). The van der Waals surface area contributed by atoms with Crippen molar-refractivity contribution in [3.63, 3.8) is 0 Å². The average molecular weight is 244 g/mol. The Labute approximate surface area is 93.3 Å². The molecule has 1 aromatic heterocycles. The van der Waals surface area contributed by atoms with Crippen LogP contribution in [0.5, 0.6) is 0 Å². The number of nitrogens with zero attached hydrogens (tertiary/aromatic N) is 2. The number of hydrogen-bond acceptors (Lipinski definition) is 2. The van der Waals surface area contributed by atoms with Crippen LogP contribution in [-0.4, -0.2) is 20.9 Å². The number of alkyl halides is 3. The van der Waals surface area contributed by atoms with Gasteiger partial charge in [-0.15, -0.1) is 0 Å². The van der Waals surface area contributed by atoms with Crippen molar-refractivity contribution in [2.75, 3.05) is 0 Å². The van der Waals surface area contributed by atoms with Crippen LogP contribution in [0.15, 0.2) is 18.2 Å². The molecular formula is C10H7F3N2O2. The Bertz CT molecular complexity index is 601. The summed E-state index contributed by atoms with van der Waals surface area (Å²) < 4.78 is 39.1. The Morgan fingerprint density at radius 3 is 2.59 bits per heavy atom. The molecule has 17 heavy (non-hydrogen) atoms. The molecule has 7 heteroatoms. The minimum absolute atomic E-state index is 0.136. The van der Waals surface area contributed by atoms with Crippen molar-refractivity contribution in [3.8, 4) is 0 Å². The Hall–Kier alpha value is -2.05. The van der Waals surface area contributed by atoms with Crippen LogP contribution in [0.3, 0.4) is 0 Å². The highest BCUT2D eigenvalue weighted by Gasteiger charge is 2.38. The zero-order chi connectivity index (χ0) is 12.8. The molecular weight excluding hydrogens is 237 g/mol. The van der Waals surface area contributed by atoms with Crippen molar-refractivity contribution in [2.45, 2.75) is 6.18 Å². The lowest BCUT2D eigenvalue weighted by molar-refractivity contribution is -0.140. The lowest BCUT2D eigenvalue weighted by Crippen LogP contribution is -2.08. The van der Waals surface area contributed by atoms with Crippen molar-refractivity contribution in [2.24, 2.45) is 7.05 Å². The summed E-state index contributed by atoms with van der Waals surface area (Å²) in [5.41, 5.74) is -1.44. The minimum atomic E-state index is -4.68. The Morgan fingerprint density at radius 1 is 1.41 bits per heavy atom. The number of aromatic nitrogens is 2. The van der Waals surface area contributed by atoms with Gasteiger partial charge in [-0.1, -0.05) is 6.07 Å². The van der Waals surface area contributed by atoms with E-state index in [-0.39, 0.29) is 10.9 Å². The van der Waals surface area contributed by atoms with E-state index < -0.39 is 23.4 Å². The third-order valence-corrected chi connectivity index (χ3v) is 2.38. The van der Waals surface area contributed by atoms with E-state index in [0.29, 0.717) is 0 Å². The first-order chi connectivity index (χ1) is 7.82. The fraction of sp³-hybridized carbons (Fsp3) is 0.200. The summed E-state index contributed by atoms with van der Waals surface area (Å²) in [4.78, 5) is 10.9. The van der Waals surface area contributed by atoms with E-state index >= 15 is 0 Å². The van der Waals surface area contributed by atoms with Gasteiger partial charge in [0.25, 0.3) is 0 Å². The van der Waals surface area contributed by atoms with E-state index in [1.807, 2.05) is 0 Å². The van der Waals surface area contributed by atoms with Crippen molar-refractivity contribution in [3.05, 3.63) is 29.5 Å². The first-order valence-electron chi connectivity index (χ1n) is 4.58. The van der Waals surface area contributed by atoms with Crippen LogP contribution >= 0.6 is 0 Å². The summed E-state index contributed by atoms with van der Waals surface area (Å²) in [5, 5.41) is 11.8. The molecule has 1 N–H and O–H groups in total. The molecule has 0 aliphatic carbocycles. The fourth-order valence-corrected chi connectivity index (χ4v) is 1.69. The molecule has 4 nitrogen and oxygen atoms in total. The Balaban J connectivity index is 2.91. The molecule has 0 spiro atoms. The second kappa shape index (κ2) is 3.47. The Kier molecular flexibility index (Phi) is 2.34. The highest BCUT2D eigenvalue weighted by molar-refractivity contribution is 6.04. The van der Waals surface area contributed by atoms with Gasteiger partial charge in [0, 0.05) is 12.4 Å². The molecule has 0 saturated carbocycles. The molecule has 0 bridgehead atoms. The quantitative estimate of drug-likeness (QED) is 0.837. The average Bonchev–Trinajstić information content (AvgIpc) is 2.56. The number of fused-ring (bicyclic) bond motifs is 1. The second-order valence-corrected chi connectivity index (χ2v) is 3.47. The van der Waals surface area contributed by atoms with Crippen LogP contribution < -0.4 is 0 Å². The van der Waals surface area contributed by atoms with Gasteiger partial charge < -0.3 is 5.11 Å². The van der Waals surface area contributed by atoms with Crippen molar-refractivity contribution in [1.82, 2.24) is 9.78 Å². The smallest absolute Gasteiger partial charge is 0.435 e. The molecule has 1 heterocycles. The normalized spacial score (nSPS) is 12.0. The van der Waals surface area contributed by atoms with E-state index in [1.165, 1.54) is 19.2 Å². The second-order valence-electron chi connectivity index (χ2n) is 3.47. The number of carboxylic acids is 1. The largest absolute Gasteiger partial charge is 0.478 e. The molecule has 0 aliphatic heterocycles. The zero-order valence-electron chi connectivity index (χ0n) is 8.62. The van der Waals surface area contributed by atoms with Crippen LogP contribution in [0, 0.1) is 0 Å². The molecule has 2 aromatic rings. The molecule has 90 valence electrons. The summed E-state index contributed by atoms with van der Waals surface area (Å²) in [6.07, 6.45) is -4.68. The number of aryl methyl sites for hydroxylation is 1. The zero-order valence-corrected chi connectivity index (χ0v) is 8.62. The topological polar surface area (TPSA) is 55.1 Å². The van der Waals surface area contributed by atoms with Gasteiger partial charge in [-0.2, -0.15) is 18.3 Å². The monoisotopic (exact) mass is 244 g/mol. The van der Waals surface area contributed by atoms with Gasteiger partial charge in [-0.3, -0.25) is 4.68 Å². The van der Waals surface area contributed by atoms with E-state index in [9.17, 15) is 18.0 Å². The van der Waals surface area contributed by atoms with Crippen molar-refractivity contribution < 1.29 is 23.1 Å². The molecule has 0 unspecified atom stereocenters.